The Labute approximate surface area is 132 Å². The number of benzene rings is 2. The van der Waals surface area contributed by atoms with Crippen molar-refractivity contribution in [3.8, 4) is 11.3 Å². The molecule has 1 aromatic heterocycles. The molecule has 23 heavy (non-hydrogen) atoms. The Bertz CT molecular complexity index is 782. The second-order valence-electron chi connectivity index (χ2n) is 5.13. The van der Waals surface area contributed by atoms with Crippen LogP contribution in [0.2, 0.25) is 0 Å². The van der Waals surface area contributed by atoms with Gasteiger partial charge >= 0.3 is 0 Å². The van der Waals surface area contributed by atoms with Gasteiger partial charge in [0.1, 0.15) is 5.82 Å². The summed E-state index contributed by atoms with van der Waals surface area (Å²) in [7, 11) is 0. The van der Waals surface area contributed by atoms with Gasteiger partial charge in [0.25, 0.3) is 0 Å². The predicted octanol–water partition coefficient (Wildman–Crippen LogP) is 3.34. The number of hydrogen-bond donors (Lipinski definition) is 1. The fourth-order valence-electron chi connectivity index (χ4n) is 2.17. The van der Waals surface area contributed by atoms with Gasteiger partial charge in [-0.3, -0.25) is 4.79 Å². The van der Waals surface area contributed by atoms with Crippen LogP contribution in [0.5, 0.6) is 0 Å². The molecule has 0 radical (unpaired) electrons. The van der Waals surface area contributed by atoms with Crippen LogP contribution in [0.1, 0.15) is 11.3 Å². The fraction of sp³-hybridized carbons (Fsp3) is 0.111. The first-order valence-corrected chi connectivity index (χ1v) is 7.23. The highest BCUT2D eigenvalue weighted by molar-refractivity contribution is 5.78. The topological polar surface area (TPSA) is 55.1 Å². The Morgan fingerprint density at radius 2 is 1.83 bits per heavy atom. The van der Waals surface area contributed by atoms with Crippen molar-refractivity contribution in [1.82, 2.24) is 10.5 Å². The molecule has 2 aromatic carbocycles. The Morgan fingerprint density at radius 1 is 1.09 bits per heavy atom. The van der Waals surface area contributed by atoms with E-state index in [0.29, 0.717) is 18.0 Å². The summed E-state index contributed by atoms with van der Waals surface area (Å²) in [6.45, 7) is 0.475. The lowest BCUT2D eigenvalue weighted by Crippen LogP contribution is -2.24. The Morgan fingerprint density at radius 3 is 2.57 bits per heavy atom. The van der Waals surface area contributed by atoms with Crippen LogP contribution in [-0.2, 0) is 17.8 Å². The van der Waals surface area contributed by atoms with E-state index < -0.39 is 0 Å². The number of aromatic nitrogens is 1. The maximum absolute atomic E-state index is 12.9. The molecular formula is C18H15FN2O2. The largest absolute Gasteiger partial charge is 0.356 e. The zero-order chi connectivity index (χ0) is 16.1. The van der Waals surface area contributed by atoms with Crippen molar-refractivity contribution in [3.05, 3.63) is 77.7 Å². The van der Waals surface area contributed by atoms with Gasteiger partial charge in [-0.1, -0.05) is 35.5 Å². The van der Waals surface area contributed by atoms with Crippen LogP contribution in [0.25, 0.3) is 11.3 Å². The highest BCUT2D eigenvalue weighted by Crippen LogP contribution is 2.20. The lowest BCUT2D eigenvalue weighted by molar-refractivity contribution is -0.120. The molecule has 0 aliphatic heterocycles. The number of amides is 1. The van der Waals surface area contributed by atoms with Crippen LogP contribution in [0.4, 0.5) is 4.39 Å². The average Bonchev–Trinajstić information content (AvgIpc) is 3.03. The predicted molar refractivity (Wildman–Crippen MR) is 83.9 cm³/mol. The van der Waals surface area contributed by atoms with E-state index in [-0.39, 0.29) is 18.1 Å². The van der Waals surface area contributed by atoms with E-state index in [4.69, 9.17) is 4.52 Å². The van der Waals surface area contributed by atoms with Crippen LogP contribution in [-0.4, -0.2) is 11.1 Å². The average molecular weight is 310 g/mol. The molecule has 0 aliphatic rings. The number of nitrogens with zero attached hydrogens (tertiary/aromatic N) is 1. The molecule has 1 N–H and O–H groups in total. The van der Waals surface area contributed by atoms with Crippen molar-refractivity contribution in [2.45, 2.75) is 13.0 Å². The molecule has 1 heterocycles. The zero-order valence-electron chi connectivity index (χ0n) is 12.3. The summed E-state index contributed by atoms with van der Waals surface area (Å²) in [5.74, 6) is 0.0671. The molecule has 0 unspecified atom stereocenters. The van der Waals surface area contributed by atoms with E-state index in [1.807, 2.05) is 30.3 Å². The number of rotatable bonds is 5. The van der Waals surface area contributed by atoms with Gasteiger partial charge in [-0.15, -0.1) is 0 Å². The van der Waals surface area contributed by atoms with Gasteiger partial charge in [0, 0.05) is 18.2 Å². The van der Waals surface area contributed by atoms with Gasteiger partial charge in [-0.2, -0.15) is 0 Å². The fourth-order valence-corrected chi connectivity index (χ4v) is 2.17. The van der Waals surface area contributed by atoms with Gasteiger partial charge in [-0.25, -0.2) is 4.39 Å². The first-order chi connectivity index (χ1) is 11.2. The molecule has 5 heteroatoms. The molecule has 0 atom stereocenters. The molecule has 4 nitrogen and oxygen atoms in total. The molecule has 0 aliphatic carbocycles. The lowest BCUT2D eigenvalue weighted by Gasteiger charge is -2.03. The smallest absolute Gasteiger partial charge is 0.226 e. The van der Waals surface area contributed by atoms with Crippen LogP contribution < -0.4 is 5.32 Å². The van der Waals surface area contributed by atoms with E-state index in [9.17, 15) is 9.18 Å². The summed E-state index contributed by atoms with van der Waals surface area (Å²) in [6.07, 6.45) is 0.136. The third-order valence-electron chi connectivity index (χ3n) is 3.36. The summed E-state index contributed by atoms with van der Waals surface area (Å²) in [4.78, 5) is 11.9. The number of halogens is 1. The number of hydrogen-bond acceptors (Lipinski definition) is 3. The Kier molecular flexibility index (Phi) is 4.47. The third kappa shape index (κ3) is 4.03. The molecule has 0 saturated heterocycles. The van der Waals surface area contributed by atoms with Gasteiger partial charge in [0.05, 0.1) is 12.1 Å². The molecule has 3 aromatic rings. The molecule has 1 amide bonds. The van der Waals surface area contributed by atoms with Crippen molar-refractivity contribution in [2.24, 2.45) is 0 Å². The minimum absolute atomic E-state index is 0.132. The normalized spacial score (nSPS) is 10.5. The standard InChI is InChI=1S/C18H15FN2O2/c19-15-8-6-14(7-9-15)17-10-16(21-23-17)11-18(22)20-12-13-4-2-1-3-5-13/h1-10H,11-12H2,(H,20,22). The molecule has 0 saturated carbocycles. The number of carbonyl (C=O) groups is 1. The van der Waals surface area contributed by atoms with Crippen LogP contribution in [0.3, 0.4) is 0 Å². The van der Waals surface area contributed by atoms with Crippen molar-refractivity contribution in [1.29, 1.82) is 0 Å². The first kappa shape index (κ1) is 15.0. The molecule has 0 spiro atoms. The molecule has 0 fully saturated rings. The quantitative estimate of drug-likeness (QED) is 0.786. The maximum atomic E-state index is 12.9. The van der Waals surface area contributed by atoms with Crippen molar-refractivity contribution >= 4 is 5.91 Å². The highest BCUT2D eigenvalue weighted by Gasteiger charge is 2.10. The van der Waals surface area contributed by atoms with Crippen molar-refractivity contribution in [3.63, 3.8) is 0 Å². The maximum Gasteiger partial charge on any atom is 0.226 e. The van der Waals surface area contributed by atoms with Crippen LogP contribution in [0.15, 0.2) is 65.2 Å². The molecule has 3 rings (SSSR count). The van der Waals surface area contributed by atoms with Crippen LogP contribution in [0, 0.1) is 5.82 Å². The third-order valence-corrected chi connectivity index (χ3v) is 3.36. The van der Waals surface area contributed by atoms with E-state index in [1.54, 1.807) is 18.2 Å². The van der Waals surface area contributed by atoms with E-state index in [1.165, 1.54) is 12.1 Å². The van der Waals surface area contributed by atoms with Gasteiger partial charge in [-0.05, 0) is 29.8 Å². The monoisotopic (exact) mass is 310 g/mol. The summed E-state index contributed by atoms with van der Waals surface area (Å²) in [5, 5.41) is 6.71. The summed E-state index contributed by atoms with van der Waals surface area (Å²) in [6, 6.07) is 17.3. The summed E-state index contributed by atoms with van der Waals surface area (Å²) >= 11 is 0. The van der Waals surface area contributed by atoms with E-state index >= 15 is 0 Å². The van der Waals surface area contributed by atoms with Gasteiger partial charge in [0.2, 0.25) is 5.91 Å². The van der Waals surface area contributed by atoms with E-state index in [0.717, 1.165) is 11.1 Å². The molecular weight excluding hydrogens is 295 g/mol. The summed E-state index contributed by atoms with van der Waals surface area (Å²) in [5.41, 5.74) is 2.29. The zero-order valence-corrected chi connectivity index (χ0v) is 12.3. The van der Waals surface area contributed by atoms with Gasteiger partial charge in [0.15, 0.2) is 5.76 Å². The lowest BCUT2D eigenvalue weighted by atomic mass is 10.1. The number of nitrogens with one attached hydrogen (secondary N) is 1. The van der Waals surface area contributed by atoms with Gasteiger partial charge < -0.3 is 9.84 Å². The molecule has 0 bridgehead atoms. The van der Waals surface area contributed by atoms with Crippen molar-refractivity contribution in [2.75, 3.05) is 0 Å². The Balaban J connectivity index is 1.58. The molecule has 116 valence electrons. The van der Waals surface area contributed by atoms with Crippen LogP contribution >= 0.6 is 0 Å². The number of carbonyl (C=O) groups excluding carboxylic acids is 1. The first-order valence-electron chi connectivity index (χ1n) is 7.23. The second-order valence-corrected chi connectivity index (χ2v) is 5.13. The van der Waals surface area contributed by atoms with Crippen molar-refractivity contribution < 1.29 is 13.7 Å². The second kappa shape index (κ2) is 6.87. The highest BCUT2D eigenvalue weighted by atomic mass is 19.1. The minimum Gasteiger partial charge on any atom is -0.356 e. The SMILES string of the molecule is O=C(Cc1cc(-c2ccc(F)cc2)on1)NCc1ccccc1. The Hall–Kier alpha value is -2.95. The van der Waals surface area contributed by atoms with E-state index in [2.05, 4.69) is 10.5 Å². The summed E-state index contributed by atoms with van der Waals surface area (Å²) < 4.78 is 18.1. The minimum atomic E-state index is -0.311.